The van der Waals surface area contributed by atoms with E-state index in [9.17, 15) is 9.18 Å². The van der Waals surface area contributed by atoms with Gasteiger partial charge in [-0.1, -0.05) is 12.1 Å². The van der Waals surface area contributed by atoms with Crippen LogP contribution >= 0.6 is 22.7 Å². The molecule has 0 bridgehead atoms. The fraction of sp³-hybridized carbons (Fsp3) is 0.105. The Hall–Kier alpha value is -2.84. The van der Waals surface area contributed by atoms with Crippen LogP contribution in [0.3, 0.4) is 0 Å². The molecule has 3 aromatic heterocycles. The van der Waals surface area contributed by atoms with Gasteiger partial charge in [-0.2, -0.15) is 0 Å². The van der Waals surface area contributed by atoms with Gasteiger partial charge in [0.15, 0.2) is 15.9 Å². The van der Waals surface area contributed by atoms with Crippen LogP contribution in [0.1, 0.15) is 16.1 Å². The number of furan rings is 1. The number of nitrogens with one attached hydrogen (secondary N) is 1. The van der Waals surface area contributed by atoms with E-state index in [0.29, 0.717) is 23.0 Å². The van der Waals surface area contributed by atoms with E-state index in [1.807, 2.05) is 11.4 Å². The third-order valence-electron chi connectivity index (χ3n) is 3.72. The summed E-state index contributed by atoms with van der Waals surface area (Å²) in [5.41, 5.74) is 1.68. The second-order valence-corrected chi connectivity index (χ2v) is 7.75. The zero-order valence-electron chi connectivity index (χ0n) is 14.0. The van der Waals surface area contributed by atoms with Crippen molar-refractivity contribution in [2.24, 2.45) is 0 Å². The van der Waals surface area contributed by atoms with Crippen LogP contribution in [0.2, 0.25) is 0 Å². The van der Waals surface area contributed by atoms with Gasteiger partial charge in [0, 0.05) is 22.9 Å². The maximum Gasteiger partial charge on any atom is 0.232 e. The Kier molecular flexibility index (Phi) is 5.08. The van der Waals surface area contributed by atoms with Gasteiger partial charge in [0.05, 0.1) is 18.4 Å². The van der Waals surface area contributed by atoms with Gasteiger partial charge in [0.2, 0.25) is 5.91 Å². The van der Waals surface area contributed by atoms with Crippen molar-refractivity contribution < 1.29 is 13.6 Å². The third kappa shape index (κ3) is 4.47. The Morgan fingerprint density at radius 3 is 2.85 bits per heavy atom. The Morgan fingerprint density at radius 1 is 1.22 bits per heavy atom. The maximum absolute atomic E-state index is 13.0. The molecule has 0 aliphatic carbocycles. The molecular weight excluding hydrogens is 385 g/mol. The topological polar surface area (TPSA) is 68.0 Å². The third-order valence-corrected chi connectivity index (χ3v) is 5.54. The highest BCUT2D eigenvalue weighted by Crippen LogP contribution is 2.25. The lowest BCUT2D eigenvalue weighted by Gasteiger charge is -1.99. The molecule has 136 valence electrons. The minimum Gasteiger partial charge on any atom is -0.462 e. The Balaban J connectivity index is 1.34. The average Bonchev–Trinajstić information content (AvgIpc) is 3.39. The normalized spacial score (nSPS) is 10.9. The van der Waals surface area contributed by atoms with Gasteiger partial charge in [0.1, 0.15) is 5.82 Å². The predicted octanol–water partition coefficient (Wildman–Crippen LogP) is 4.77. The van der Waals surface area contributed by atoms with Gasteiger partial charge in [-0.25, -0.2) is 14.4 Å². The van der Waals surface area contributed by atoms with Crippen LogP contribution in [0, 0.1) is 5.82 Å². The summed E-state index contributed by atoms with van der Waals surface area (Å²) in [6.07, 6.45) is 4.13. The van der Waals surface area contributed by atoms with Gasteiger partial charge in [-0.15, -0.1) is 22.7 Å². The first-order chi connectivity index (χ1) is 13.2. The second-order valence-electron chi connectivity index (χ2n) is 5.78. The van der Waals surface area contributed by atoms with Gasteiger partial charge < -0.3 is 9.73 Å². The van der Waals surface area contributed by atoms with Crippen LogP contribution in [-0.2, 0) is 17.6 Å². The van der Waals surface area contributed by atoms with Crippen molar-refractivity contribution in [3.8, 4) is 10.8 Å². The molecule has 5 nitrogen and oxygen atoms in total. The number of amides is 1. The highest BCUT2D eigenvalue weighted by molar-refractivity contribution is 7.15. The number of halogens is 1. The summed E-state index contributed by atoms with van der Waals surface area (Å²) in [6.45, 7) is 0. The fourth-order valence-corrected chi connectivity index (χ4v) is 4.13. The molecule has 8 heteroatoms. The molecule has 0 spiro atoms. The van der Waals surface area contributed by atoms with E-state index in [0.717, 1.165) is 15.4 Å². The fourth-order valence-electron chi connectivity index (χ4n) is 2.48. The van der Waals surface area contributed by atoms with Crippen LogP contribution in [0.25, 0.3) is 10.8 Å². The summed E-state index contributed by atoms with van der Waals surface area (Å²) in [7, 11) is 0. The van der Waals surface area contributed by atoms with E-state index in [1.165, 1.54) is 34.8 Å². The number of hydrogen-bond donors (Lipinski definition) is 1. The zero-order valence-corrected chi connectivity index (χ0v) is 15.6. The van der Waals surface area contributed by atoms with Gasteiger partial charge in [-0.3, -0.25) is 4.79 Å². The number of carbonyl (C=O) groups excluding carboxylic acids is 1. The van der Waals surface area contributed by atoms with Gasteiger partial charge in [0.25, 0.3) is 0 Å². The minimum atomic E-state index is -0.256. The molecule has 0 radical (unpaired) electrons. The number of nitrogens with zero attached hydrogens (tertiary/aromatic N) is 2. The van der Waals surface area contributed by atoms with Crippen LogP contribution in [-0.4, -0.2) is 15.9 Å². The molecule has 4 aromatic rings. The highest BCUT2D eigenvalue weighted by Gasteiger charge is 2.12. The zero-order chi connectivity index (χ0) is 18.6. The molecule has 0 fully saturated rings. The first kappa shape index (κ1) is 17.6. The summed E-state index contributed by atoms with van der Waals surface area (Å²) in [5.74, 6) is 0.263. The first-order valence-electron chi connectivity index (χ1n) is 8.13. The maximum atomic E-state index is 13.0. The molecule has 27 heavy (non-hydrogen) atoms. The summed E-state index contributed by atoms with van der Waals surface area (Å²) in [4.78, 5) is 21.9. The van der Waals surface area contributed by atoms with Crippen molar-refractivity contribution in [2.75, 3.05) is 5.32 Å². The van der Waals surface area contributed by atoms with E-state index in [4.69, 9.17) is 4.42 Å². The van der Waals surface area contributed by atoms with Gasteiger partial charge >= 0.3 is 0 Å². The van der Waals surface area contributed by atoms with E-state index >= 15 is 0 Å². The molecule has 0 aliphatic heterocycles. The molecular formula is C19H14FN3O2S2. The summed E-state index contributed by atoms with van der Waals surface area (Å²) < 4.78 is 18.3. The van der Waals surface area contributed by atoms with E-state index in [2.05, 4.69) is 15.3 Å². The lowest BCUT2D eigenvalue weighted by atomic mass is 10.1. The second kappa shape index (κ2) is 7.81. The smallest absolute Gasteiger partial charge is 0.232 e. The van der Waals surface area contributed by atoms with Crippen molar-refractivity contribution in [1.82, 2.24) is 9.97 Å². The number of anilines is 1. The van der Waals surface area contributed by atoms with Crippen molar-refractivity contribution in [3.05, 3.63) is 76.2 Å². The summed E-state index contributed by atoms with van der Waals surface area (Å²) in [5, 5.41) is 5.93. The van der Waals surface area contributed by atoms with Crippen molar-refractivity contribution in [2.45, 2.75) is 12.8 Å². The molecule has 0 saturated carbocycles. The van der Waals surface area contributed by atoms with E-state index in [1.54, 1.807) is 30.7 Å². The number of aromatic nitrogens is 2. The van der Waals surface area contributed by atoms with Crippen LogP contribution in [0.4, 0.5) is 9.52 Å². The molecule has 1 N–H and O–H groups in total. The number of benzene rings is 1. The Bertz CT molecular complexity index is 1040. The van der Waals surface area contributed by atoms with E-state index < -0.39 is 0 Å². The van der Waals surface area contributed by atoms with Crippen molar-refractivity contribution in [3.63, 3.8) is 0 Å². The molecule has 0 saturated heterocycles. The Labute approximate surface area is 162 Å². The Morgan fingerprint density at radius 2 is 2.07 bits per heavy atom. The molecule has 0 unspecified atom stereocenters. The molecule has 4 rings (SSSR count). The van der Waals surface area contributed by atoms with Crippen LogP contribution in [0.15, 0.2) is 58.7 Å². The van der Waals surface area contributed by atoms with E-state index in [-0.39, 0.29) is 18.1 Å². The van der Waals surface area contributed by atoms with Crippen molar-refractivity contribution in [1.29, 1.82) is 0 Å². The number of carbonyl (C=O) groups is 1. The van der Waals surface area contributed by atoms with Crippen molar-refractivity contribution >= 4 is 33.7 Å². The predicted molar refractivity (Wildman–Crippen MR) is 103 cm³/mol. The molecule has 0 atom stereocenters. The monoisotopic (exact) mass is 399 g/mol. The van der Waals surface area contributed by atoms with Crippen LogP contribution in [0.5, 0.6) is 0 Å². The molecule has 0 aliphatic rings. The number of thiazole rings is 2. The van der Waals surface area contributed by atoms with Crippen LogP contribution < -0.4 is 5.32 Å². The first-order valence-corrected chi connectivity index (χ1v) is 9.82. The summed E-state index contributed by atoms with van der Waals surface area (Å²) in [6, 6.07) is 9.99. The quantitative estimate of drug-likeness (QED) is 0.507. The minimum absolute atomic E-state index is 0.171. The molecule has 1 amide bonds. The standard InChI is InChI=1S/C19H14FN3O2S2/c20-13-5-3-12(4-6-13)8-15-10-21-19(27-15)23-17(24)9-14-11-26-18(22-14)16-2-1-7-25-16/h1-7,10-11H,8-9H2,(H,21,23,24). The number of rotatable bonds is 6. The molecule has 1 aromatic carbocycles. The molecule has 3 heterocycles. The average molecular weight is 399 g/mol. The SMILES string of the molecule is O=C(Cc1csc(-c2ccco2)n1)Nc1ncc(Cc2ccc(F)cc2)s1. The largest absolute Gasteiger partial charge is 0.462 e. The number of hydrogen-bond acceptors (Lipinski definition) is 6. The summed E-state index contributed by atoms with van der Waals surface area (Å²) >= 11 is 2.84. The van der Waals surface area contributed by atoms with Gasteiger partial charge in [-0.05, 0) is 29.8 Å². The lowest BCUT2D eigenvalue weighted by Crippen LogP contribution is -2.14. The highest BCUT2D eigenvalue weighted by atomic mass is 32.1. The lowest BCUT2D eigenvalue weighted by molar-refractivity contribution is -0.115.